The molecular formula is C29H33N3O5. The van der Waals surface area contributed by atoms with Gasteiger partial charge in [0, 0.05) is 32.1 Å². The number of ether oxygens (including phenoxy) is 2. The van der Waals surface area contributed by atoms with Crippen LogP contribution in [0.15, 0.2) is 83.5 Å². The number of furan rings is 1. The molecule has 2 aromatic heterocycles. The molecule has 194 valence electrons. The maximum absolute atomic E-state index is 11.8. The number of aryl methyl sites for hydroxylation is 1. The van der Waals surface area contributed by atoms with E-state index < -0.39 is 6.10 Å². The van der Waals surface area contributed by atoms with E-state index in [9.17, 15) is 9.90 Å². The van der Waals surface area contributed by atoms with Gasteiger partial charge in [-0.1, -0.05) is 55.5 Å². The van der Waals surface area contributed by atoms with Crippen LogP contribution in [0.2, 0.25) is 0 Å². The van der Waals surface area contributed by atoms with Crippen LogP contribution in [-0.2, 0) is 29.7 Å². The van der Waals surface area contributed by atoms with E-state index >= 15 is 0 Å². The summed E-state index contributed by atoms with van der Waals surface area (Å²) in [4.78, 5) is 13.9. The Hall–Kier alpha value is -3.88. The maximum Gasteiger partial charge on any atom is 0.305 e. The van der Waals surface area contributed by atoms with Crippen molar-refractivity contribution in [2.24, 2.45) is 7.05 Å². The van der Waals surface area contributed by atoms with Crippen molar-refractivity contribution in [2.45, 2.75) is 39.0 Å². The molecule has 37 heavy (non-hydrogen) atoms. The Labute approximate surface area is 217 Å². The number of aliphatic hydroxyl groups is 1. The number of carbonyl (C=O) groups excluding carboxylic acids is 1. The number of esters is 1. The minimum absolute atomic E-state index is 0.0700. The second kappa shape index (κ2) is 12.9. The van der Waals surface area contributed by atoms with Gasteiger partial charge in [0.25, 0.3) is 0 Å². The summed E-state index contributed by atoms with van der Waals surface area (Å²) in [5, 5.41) is 15.5. The first-order valence-corrected chi connectivity index (χ1v) is 12.5. The summed E-state index contributed by atoms with van der Waals surface area (Å²) < 4.78 is 18.9. The molecular weight excluding hydrogens is 470 g/mol. The number of benzene rings is 2. The lowest BCUT2D eigenvalue weighted by Gasteiger charge is -2.24. The summed E-state index contributed by atoms with van der Waals surface area (Å²) in [5.74, 6) is 1.76. The van der Waals surface area contributed by atoms with Crippen molar-refractivity contribution in [2.75, 3.05) is 13.2 Å². The molecule has 0 spiro atoms. The van der Waals surface area contributed by atoms with Crippen LogP contribution >= 0.6 is 0 Å². The van der Waals surface area contributed by atoms with Gasteiger partial charge in [0.15, 0.2) is 0 Å². The fourth-order valence-corrected chi connectivity index (χ4v) is 4.10. The molecule has 0 aliphatic rings. The molecule has 0 aliphatic heterocycles. The van der Waals surface area contributed by atoms with Gasteiger partial charge < -0.3 is 19.0 Å². The summed E-state index contributed by atoms with van der Waals surface area (Å²) >= 11 is 0. The van der Waals surface area contributed by atoms with Crippen LogP contribution in [0, 0.1) is 0 Å². The van der Waals surface area contributed by atoms with Gasteiger partial charge in [-0.05, 0) is 30.7 Å². The zero-order chi connectivity index (χ0) is 26.0. The lowest BCUT2D eigenvalue weighted by Crippen LogP contribution is -2.35. The van der Waals surface area contributed by atoms with E-state index in [2.05, 4.69) is 0 Å². The molecule has 8 heteroatoms. The first kappa shape index (κ1) is 26.2. The van der Waals surface area contributed by atoms with Crippen molar-refractivity contribution in [3.63, 3.8) is 0 Å². The minimum atomic E-state index is -0.869. The molecule has 1 N–H and O–H groups in total. The van der Waals surface area contributed by atoms with Gasteiger partial charge in [0.1, 0.15) is 29.9 Å². The predicted molar refractivity (Wildman–Crippen MR) is 140 cm³/mol. The van der Waals surface area contributed by atoms with Gasteiger partial charge in [0.05, 0.1) is 18.4 Å². The third kappa shape index (κ3) is 7.31. The highest BCUT2D eigenvalue weighted by Gasteiger charge is 2.24. The Balaban J connectivity index is 1.63. The maximum atomic E-state index is 11.8. The second-order valence-electron chi connectivity index (χ2n) is 8.87. The summed E-state index contributed by atoms with van der Waals surface area (Å²) in [6.45, 7) is 2.96. The molecule has 0 radical (unpaired) electrons. The molecule has 2 aromatic carbocycles. The highest BCUT2D eigenvalue weighted by Crippen LogP contribution is 2.34. The van der Waals surface area contributed by atoms with Gasteiger partial charge in [-0.3, -0.25) is 9.69 Å². The molecule has 2 heterocycles. The Kier molecular flexibility index (Phi) is 9.13. The fraction of sp³-hybridized carbons (Fsp3) is 0.310. The summed E-state index contributed by atoms with van der Waals surface area (Å²) in [6, 6.07) is 23.2. The summed E-state index contributed by atoms with van der Waals surface area (Å²) in [6.07, 6.45) is 1.79. The smallest absolute Gasteiger partial charge is 0.305 e. The van der Waals surface area contributed by atoms with Crippen LogP contribution in [0.3, 0.4) is 0 Å². The molecule has 0 unspecified atom stereocenters. The average Bonchev–Trinajstić information content (AvgIpc) is 3.52. The van der Waals surface area contributed by atoms with E-state index in [4.69, 9.17) is 19.0 Å². The predicted octanol–water partition coefficient (Wildman–Crippen LogP) is 5.18. The number of hydrogen-bond acceptors (Lipinski definition) is 7. The molecule has 0 bridgehead atoms. The molecule has 0 aliphatic carbocycles. The lowest BCUT2D eigenvalue weighted by molar-refractivity contribution is -0.147. The van der Waals surface area contributed by atoms with Gasteiger partial charge >= 0.3 is 5.97 Å². The molecule has 8 nitrogen and oxygen atoms in total. The Morgan fingerprint density at radius 3 is 2.46 bits per heavy atom. The number of para-hydroxylation sites is 1. The highest BCUT2D eigenvalue weighted by molar-refractivity contribution is 5.69. The van der Waals surface area contributed by atoms with E-state index in [1.54, 1.807) is 10.9 Å². The Bertz CT molecular complexity index is 1240. The topological polar surface area (TPSA) is 90.0 Å². The number of rotatable bonds is 13. The van der Waals surface area contributed by atoms with Gasteiger partial charge in [0.2, 0.25) is 5.88 Å². The van der Waals surface area contributed by atoms with Crippen LogP contribution < -0.4 is 4.74 Å². The van der Waals surface area contributed by atoms with E-state index in [-0.39, 0.29) is 19.1 Å². The van der Waals surface area contributed by atoms with Crippen molar-refractivity contribution >= 4 is 5.97 Å². The van der Waals surface area contributed by atoms with Crippen molar-refractivity contribution in [1.29, 1.82) is 0 Å². The molecule has 0 amide bonds. The standard InChI is InChI=1S/C29H33N3O5/c1-3-11-27(34)36-21-23(33)18-32(19-25-16-10-17-35-25)20-26-28(22-12-6-4-7-13-22)30-31(2)29(26)37-24-14-8-5-9-15-24/h4-10,12-17,23,33H,3,11,18-21H2,1-2H3/t23-/m1/s1. The number of hydrogen-bond donors (Lipinski definition) is 1. The monoisotopic (exact) mass is 503 g/mol. The number of nitrogens with zero attached hydrogens (tertiary/aromatic N) is 3. The fourth-order valence-electron chi connectivity index (χ4n) is 4.10. The zero-order valence-corrected chi connectivity index (χ0v) is 21.2. The van der Waals surface area contributed by atoms with Crippen molar-refractivity contribution in [3.8, 4) is 22.9 Å². The average molecular weight is 504 g/mol. The minimum Gasteiger partial charge on any atom is -0.468 e. The summed E-state index contributed by atoms with van der Waals surface area (Å²) in [5.41, 5.74) is 2.63. The van der Waals surface area contributed by atoms with Crippen LogP contribution in [0.4, 0.5) is 0 Å². The van der Waals surface area contributed by atoms with Crippen LogP contribution in [0.25, 0.3) is 11.3 Å². The summed E-state index contributed by atoms with van der Waals surface area (Å²) in [7, 11) is 1.85. The van der Waals surface area contributed by atoms with E-state index in [1.807, 2.05) is 91.7 Å². The number of aromatic nitrogens is 2. The quantitative estimate of drug-likeness (QED) is 0.252. The van der Waals surface area contributed by atoms with Crippen LogP contribution in [-0.4, -0.2) is 45.0 Å². The first-order chi connectivity index (χ1) is 18.0. The largest absolute Gasteiger partial charge is 0.468 e. The first-order valence-electron chi connectivity index (χ1n) is 12.5. The van der Waals surface area contributed by atoms with Crippen LogP contribution in [0.5, 0.6) is 11.6 Å². The highest BCUT2D eigenvalue weighted by atomic mass is 16.5. The zero-order valence-electron chi connectivity index (χ0n) is 21.2. The number of carbonyl (C=O) groups is 1. The van der Waals surface area contributed by atoms with Crippen LogP contribution in [0.1, 0.15) is 31.1 Å². The van der Waals surface area contributed by atoms with Gasteiger partial charge in [-0.2, -0.15) is 5.10 Å². The third-order valence-corrected chi connectivity index (χ3v) is 5.79. The molecule has 4 rings (SSSR count). The van der Waals surface area contributed by atoms with Crippen molar-refractivity contribution in [1.82, 2.24) is 14.7 Å². The van der Waals surface area contributed by atoms with Gasteiger partial charge in [-0.15, -0.1) is 0 Å². The van der Waals surface area contributed by atoms with E-state index in [0.29, 0.717) is 37.6 Å². The molecule has 1 atom stereocenters. The van der Waals surface area contributed by atoms with Crippen molar-refractivity contribution in [3.05, 3.63) is 90.4 Å². The Morgan fingerprint density at radius 2 is 1.78 bits per heavy atom. The third-order valence-electron chi connectivity index (χ3n) is 5.79. The van der Waals surface area contributed by atoms with Crippen molar-refractivity contribution < 1.29 is 23.8 Å². The van der Waals surface area contributed by atoms with Gasteiger partial charge in [-0.25, -0.2) is 4.68 Å². The molecule has 0 saturated heterocycles. The number of aliphatic hydroxyl groups excluding tert-OH is 1. The second-order valence-corrected chi connectivity index (χ2v) is 8.87. The lowest BCUT2D eigenvalue weighted by atomic mass is 10.1. The molecule has 0 fully saturated rings. The molecule has 0 saturated carbocycles. The van der Waals surface area contributed by atoms with E-state index in [0.717, 1.165) is 22.6 Å². The Morgan fingerprint density at radius 1 is 1.05 bits per heavy atom. The van der Waals surface area contributed by atoms with E-state index in [1.165, 1.54) is 0 Å². The SMILES string of the molecule is CCCC(=O)OC[C@H](O)CN(Cc1ccco1)Cc1c(-c2ccccc2)nn(C)c1Oc1ccccc1. The molecule has 4 aromatic rings. The normalized spacial score (nSPS) is 12.0.